The van der Waals surface area contributed by atoms with E-state index in [0.29, 0.717) is 34.9 Å². The van der Waals surface area contributed by atoms with Crippen molar-refractivity contribution in [1.82, 2.24) is 10.3 Å². The maximum Gasteiger partial charge on any atom is 0.288 e. The van der Waals surface area contributed by atoms with E-state index in [9.17, 15) is 14.9 Å². The van der Waals surface area contributed by atoms with Crippen LogP contribution in [0, 0.1) is 24.0 Å². The van der Waals surface area contributed by atoms with Crippen molar-refractivity contribution in [3.05, 3.63) is 66.9 Å². The third-order valence-corrected chi connectivity index (χ3v) is 6.42. The van der Waals surface area contributed by atoms with Crippen LogP contribution < -0.4 is 15.6 Å². The molecule has 2 aromatic carbocycles. The van der Waals surface area contributed by atoms with Gasteiger partial charge in [0.25, 0.3) is 11.2 Å². The molecule has 0 radical (unpaired) electrons. The van der Waals surface area contributed by atoms with Gasteiger partial charge in [0, 0.05) is 17.5 Å². The zero-order chi connectivity index (χ0) is 23.5. The molecule has 0 bridgehead atoms. The van der Waals surface area contributed by atoms with Crippen LogP contribution in [0.4, 0.5) is 5.69 Å². The summed E-state index contributed by atoms with van der Waals surface area (Å²) in [6.07, 6.45) is 5.46. The first-order valence-electron chi connectivity index (χ1n) is 11.3. The maximum atomic E-state index is 13.2. The highest BCUT2D eigenvalue weighted by Gasteiger charge is 2.22. The van der Waals surface area contributed by atoms with Crippen LogP contribution in [-0.4, -0.2) is 29.1 Å². The number of nitrogens with one attached hydrogen (secondary N) is 2. The average Bonchev–Trinajstić information content (AvgIpc) is 3.01. The van der Waals surface area contributed by atoms with Crippen LogP contribution in [-0.2, 0) is 0 Å². The molecule has 1 unspecified atom stereocenters. The number of rotatable bonds is 6. The lowest BCUT2D eigenvalue weighted by molar-refractivity contribution is -0.384. The highest BCUT2D eigenvalue weighted by molar-refractivity contribution is 6.33. The summed E-state index contributed by atoms with van der Waals surface area (Å²) in [4.78, 5) is 27.0. The Morgan fingerprint density at radius 3 is 2.61 bits per heavy atom. The highest BCUT2D eigenvalue weighted by atomic mass is 35.5. The van der Waals surface area contributed by atoms with Gasteiger partial charge in [-0.2, -0.15) is 0 Å². The maximum absolute atomic E-state index is 13.2. The number of hydrogen-bond donors (Lipinski definition) is 2. The number of nitro benzene ring substituents is 1. The van der Waals surface area contributed by atoms with Gasteiger partial charge in [-0.25, -0.2) is 0 Å². The van der Waals surface area contributed by atoms with Crippen molar-refractivity contribution in [3.63, 3.8) is 0 Å². The quantitative estimate of drug-likeness (QED) is 0.358. The zero-order valence-corrected chi connectivity index (χ0v) is 19.6. The van der Waals surface area contributed by atoms with E-state index in [1.807, 2.05) is 32.0 Å². The monoisotopic (exact) mass is 469 g/mol. The number of fused-ring (bicyclic) bond motifs is 1. The minimum atomic E-state index is -0.525. The van der Waals surface area contributed by atoms with Crippen LogP contribution in [0.2, 0.25) is 5.02 Å². The smallest absolute Gasteiger partial charge is 0.288 e. The predicted octanol–water partition coefficient (Wildman–Crippen LogP) is 5.67. The minimum Gasteiger partial charge on any atom is -0.492 e. The van der Waals surface area contributed by atoms with E-state index >= 15 is 0 Å². The second-order valence-electron chi connectivity index (χ2n) is 8.78. The number of nitrogens with zero attached hydrogens (tertiary/aromatic N) is 1. The Hall–Kier alpha value is -2.90. The molecule has 1 fully saturated rings. The van der Waals surface area contributed by atoms with Crippen molar-refractivity contribution in [2.45, 2.75) is 52.0 Å². The number of halogens is 1. The normalized spacial score (nSPS) is 16.5. The van der Waals surface area contributed by atoms with Gasteiger partial charge >= 0.3 is 0 Å². The van der Waals surface area contributed by atoms with Crippen LogP contribution in [0.1, 0.15) is 43.2 Å². The van der Waals surface area contributed by atoms with Crippen LogP contribution >= 0.6 is 11.6 Å². The molecule has 1 atom stereocenters. The number of aromatic amines is 1. The molecule has 2 N–H and O–H groups in total. The van der Waals surface area contributed by atoms with Gasteiger partial charge < -0.3 is 15.0 Å². The molecule has 1 saturated heterocycles. The zero-order valence-electron chi connectivity index (χ0n) is 18.9. The third-order valence-electron chi connectivity index (χ3n) is 6.12. The van der Waals surface area contributed by atoms with Crippen molar-refractivity contribution < 1.29 is 9.66 Å². The number of H-pyrrole nitrogens is 1. The molecule has 3 aromatic rings. The van der Waals surface area contributed by atoms with E-state index in [1.165, 1.54) is 31.4 Å². The van der Waals surface area contributed by atoms with E-state index in [1.54, 1.807) is 0 Å². The summed E-state index contributed by atoms with van der Waals surface area (Å²) in [6.45, 7) is 5.32. The van der Waals surface area contributed by atoms with Crippen molar-refractivity contribution in [1.29, 1.82) is 0 Å². The van der Waals surface area contributed by atoms with E-state index < -0.39 is 4.92 Å². The Kier molecular flexibility index (Phi) is 7.00. The van der Waals surface area contributed by atoms with Gasteiger partial charge in [-0.15, -0.1) is 0 Å². The SMILES string of the molecule is Cc1cc(C)cc(-c2c(OCCC3CCCCCN3)c3cc([N+](=O)[O-])c(Cl)cc3[nH]c2=O)c1. The first kappa shape index (κ1) is 23.3. The predicted molar refractivity (Wildman–Crippen MR) is 132 cm³/mol. The fourth-order valence-electron chi connectivity index (χ4n) is 4.60. The Labute approximate surface area is 197 Å². The first-order chi connectivity index (χ1) is 15.8. The van der Waals surface area contributed by atoms with E-state index in [4.69, 9.17) is 16.3 Å². The summed E-state index contributed by atoms with van der Waals surface area (Å²) >= 11 is 6.11. The van der Waals surface area contributed by atoms with Gasteiger partial charge in [0.05, 0.1) is 22.6 Å². The summed E-state index contributed by atoms with van der Waals surface area (Å²) in [7, 11) is 0. The molecule has 0 amide bonds. The van der Waals surface area contributed by atoms with E-state index in [0.717, 1.165) is 36.1 Å². The molecule has 174 valence electrons. The van der Waals surface area contributed by atoms with Crippen LogP contribution in [0.5, 0.6) is 5.75 Å². The van der Waals surface area contributed by atoms with Crippen molar-refractivity contribution in [3.8, 4) is 16.9 Å². The Morgan fingerprint density at radius 2 is 1.88 bits per heavy atom. The second-order valence-corrected chi connectivity index (χ2v) is 9.19. The Bertz CT molecular complexity index is 1230. The molecule has 7 nitrogen and oxygen atoms in total. The number of nitro groups is 1. The number of benzene rings is 2. The summed E-state index contributed by atoms with van der Waals surface area (Å²) < 4.78 is 6.26. The first-order valence-corrected chi connectivity index (χ1v) is 11.7. The largest absolute Gasteiger partial charge is 0.492 e. The minimum absolute atomic E-state index is 0.0316. The molecule has 1 aliphatic rings. The fraction of sp³-hybridized carbons (Fsp3) is 0.400. The van der Waals surface area contributed by atoms with Gasteiger partial charge in [-0.3, -0.25) is 14.9 Å². The van der Waals surface area contributed by atoms with Gasteiger partial charge in [0.1, 0.15) is 10.8 Å². The molecule has 0 saturated carbocycles. The van der Waals surface area contributed by atoms with Gasteiger partial charge in [-0.1, -0.05) is 53.8 Å². The molecule has 4 rings (SSSR count). The number of aromatic nitrogens is 1. The van der Waals surface area contributed by atoms with Crippen molar-refractivity contribution in [2.24, 2.45) is 0 Å². The summed E-state index contributed by atoms with van der Waals surface area (Å²) in [5.41, 5.74) is 2.99. The number of aryl methyl sites for hydroxylation is 2. The standard InChI is InChI=1S/C25H28ClN3O4/c1-15-10-16(2)12-17(11-15)23-24(33-9-7-18-6-4-3-5-8-27-18)19-13-22(29(31)32)20(26)14-21(19)28-25(23)30/h10-14,18,27H,3-9H2,1-2H3,(H,28,30). The topological polar surface area (TPSA) is 97.3 Å². The molecule has 1 aromatic heterocycles. The fourth-order valence-corrected chi connectivity index (χ4v) is 4.83. The lowest BCUT2D eigenvalue weighted by atomic mass is 9.99. The summed E-state index contributed by atoms with van der Waals surface area (Å²) in [6, 6.07) is 9.04. The molecule has 0 spiro atoms. The average molecular weight is 470 g/mol. The molecular formula is C25H28ClN3O4. The molecule has 8 heteroatoms. The van der Waals surface area contributed by atoms with Crippen LogP contribution in [0.15, 0.2) is 35.1 Å². The van der Waals surface area contributed by atoms with E-state index in [-0.39, 0.29) is 16.3 Å². The molecule has 1 aliphatic heterocycles. The van der Waals surface area contributed by atoms with Crippen molar-refractivity contribution >= 4 is 28.2 Å². The van der Waals surface area contributed by atoms with Gasteiger partial charge in [-0.05, 0) is 51.3 Å². The Morgan fingerprint density at radius 1 is 1.12 bits per heavy atom. The lowest BCUT2D eigenvalue weighted by Crippen LogP contribution is -2.29. The van der Waals surface area contributed by atoms with E-state index in [2.05, 4.69) is 10.3 Å². The summed E-state index contributed by atoms with van der Waals surface area (Å²) in [5.74, 6) is 0.354. The molecular weight excluding hydrogens is 442 g/mol. The Balaban J connectivity index is 1.82. The molecule has 33 heavy (non-hydrogen) atoms. The molecule has 2 heterocycles. The van der Waals surface area contributed by atoms with Crippen molar-refractivity contribution in [2.75, 3.05) is 13.2 Å². The summed E-state index contributed by atoms with van der Waals surface area (Å²) in [5, 5.41) is 15.5. The number of ether oxygens (including phenoxy) is 1. The highest BCUT2D eigenvalue weighted by Crippen LogP contribution is 2.38. The molecule has 0 aliphatic carbocycles. The van der Waals surface area contributed by atoms with Gasteiger partial charge in [0.15, 0.2) is 0 Å². The van der Waals surface area contributed by atoms with Crippen LogP contribution in [0.3, 0.4) is 0 Å². The number of pyridine rings is 1. The third kappa shape index (κ3) is 5.20. The van der Waals surface area contributed by atoms with Crippen LogP contribution in [0.25, 0.3) is 22.0 Å². The van der Waals surface area contributed by atoms with Gasteiger partial charge in [0.2, 0.25) is 0 Å². The second kappa shape index (κ2) is 9.93. The lowest BCUT2D eigenvalue weighted by Gasteiger charge is -2.18. The number of hydrogen-bond acceptors (Lipinski definition) is 5.